The van der Waals surface area contributed by atoms with Crippen LogP contribution in [0.3, 0.4) is 0 Å². The Bertz CT molecular complexity index is 193. The number of hydrogen-bond acceptors (Lipinski definition) is 2. The van der Waals surface area contributed by atoms with Gasteiger partial charge in [0.05, 0.1) is 6.10 Å². The van der Waals surface area contributed by atoms with Crippen molar-refractivity contribution < 1.29 is 9.53 Å². The molecule has 2 radical (unpaired) electrons. The zero-order valence-electron chi connectivity index (χ0n) is 8.62. The highest BCUT2D eigenvalue weighted by molar-refractivity contribution is 6.11. The Balaban J connectivity index is 2.49. The van der Waals surface area contributed by atoms with Gasteiger partial charge in [-0.15, -0.1) is 0 Å². The largest absolute Gasteiger partial charge is 0.384 e. The number of carbonyl (C=O) groups is 1. The number of hydrogen-bond donors (Lipinski definition) is 0. The van der Waals surface area contributed by atoms with Crippen LogP contribution in [0.25, 0.3) is 0 Å². The van der Waals surface area contributed by atoms with Gasteiger partial charge in [-0.2, -0.15) is 0 Å². The van der Waals surface area contributed by atoms with Gasteiger partial charge >= 0.3 is 0 Å². The van der Waals surface area contributed by atoms with Crippen molar-refractivity contribution in [3.8, 4) is 0 Å². The number of ketones is 1. The number of ether oxygens (including phenoxy) is 1. The van der Waals surface area contributed by atoms with E-state index in [4.69, 9.17) is 12.6 Å². The minimum Gasteiger partial charge on any atom is -0.384 e. The Morgan fingerprint density at radius 2 is 2.00 bits per heavy atom. The Kier molecular flexibility index (Phi) is 3.54. The van der Waals surface area contributed by atoms with E-state index in [1.807, 2.05) is 6.92 Å². The van der Waals surface area contributed by atoms with Gasteiger partial charge in [-0.1, -0.05) is 20.8 Å². The van der Waals surface area contributed by atoms with E-state index in [2.05, 4.69) is 13.8 Å². The third-order valence-electron chi connectivity index (χ3n) is 3.09. The predicted molar refractivity (Wildman–Crippen MR) is 52.7 cm³/mol. The molecule has 1 aliphatic heterocycles. The van der Waals surface area contributed by atoms with Gasteiger partial charge in [0.15, 0.2) is 0 Å². The maximum atomic E-state index is 11.2. The van der Waals surface area contributed by atoms with Gasteiger partial charge in [0.1, 0.15) is 13.6 Å². The highest BCUT2D eigenvalue weighted by Crippen LogP contribution is 2.32. The lowest BCUT2D eigenvalue weighted by Gasteiger charge is -2.14. The predicted octanol–water partition coefficient (Wildman–Crippen LogP) is 1.52. The number of rotatable bonds is 3. The van der Waals surface area contributed by atoms with Crippen LogP contribution in [-0.2, 0) is 9.53 Å². The molecule has 0 aromatic carbocycles. The van der Waals surface area contributed by atoms with E-state index in [9.17, 15) is 4.79 Å². The quantitative estimate of drug-likeness (QED) is 0.615. The zero-order chi connectivity index (χ0) is 10.0. The molecule has 4 atom stereocenters. The number of Topliss-reactive ketones (excluding diaryl/α,β-unsaturated/α-hetero) is 1. The van der Waals surface area contributed by atoms with Crippen LogP contribution < -0.4 is 0 Å². The first kappa shape index (κ1) is 10.8. The fourth-order valence-corrected chi connectivity index (χ4v) is 1.69. The van der Waals surface area contributed by atoms with Crippen molar-refractivity contribution in [3.05, 3.63) is 0 Å². The van der Waals surface area contributed by atoms with Crippen LogP contribution >= 0.6 is 0 Å². The molecule has 2 nitrogen and oxygen atoms in total. The van der Waals surface area contributed by atoms with Crippen LogP contribution in [0.4, 0.5) is 0 Å². The third-order valence-corrected chi connectivity index (χ3v) is 3.09. The highest BCUT2D eigenvalue weighted by Gasteiger charge is 2.36. The van der Waals surface area contributed by atoms with Gasteiger partial charge in [-0.05, 0) is 11.8 Å². The normalized spacial score (nSPS) is 39.3. The number of carbonyl (C=O) groups excluding carboxylic acids is 1. The van der Waals surface area contributed by atoms with Crippen molar-refractivity contribution in [2.45, 2.75) is 45.7 Å². The summed E-state index contributed by atoms with van der Waals surface area (Å²) in [6.07, 6.45) is 1.16. The summed E-state index contributed by atoms with van der Waals surface area (Å²) in [6.45, 7) is 6.06. The molecule has 0 saturated carbocycles. The molecular formula is C10H17BO2. The van der Waals surface area contributed by atoms with Crippen molar-refractivity contribution in [2.24, 2.45) is 11.8 Å². The van der Waals surface area contributed by atoms with Crippen LogP contribution in [0.5, 0.6) is 0 Å². The van der Waals surface area contributed by atoms with Crippen LogP contribution in [0.2, 0.25) is 0 Å². The maximum absolute atomic E-state index is 11.2. The van der Waals surface area contributed by atoms with E-state index in [0.717, 1.165) is 0 Å². The molecule has 72 valence electrons. The van der Waals surface area contributed by atoms with Crippen molar-refractivity contribution in [2.75, 3.05) is 0 Å². The lowest BCUT2D eigenvalue weighted by molar-refractivity contribution is -0.121. The summed E-state index contributed by atoms with van der Waals surface area (Å²) in [4.78, 5) is 11.2. The van der Waals surface area contributed by atoms with Gasteiger partial charge in [0.25, 0.3) is 0 Å². The first-order valence-corrected chi connectivity index (χ1v) is 4.99. The molecule has 13 heavy (non-hydrogen) atoms. The van der Waals surface area contributed by atoms with Gasteiger partial charge in [-0.3, -0.25) is 4.79 Å². The fraction of sp³-hybridized carbons (Fsp3) is 0.900. The summed E-state index contributed by atoms with van der Waals surface area (Å²) in [5.74, 6) is 1.01. The molecular weight excluding hydrogens is 163 g/mol. The smallest absolute Gasteiger partial charge is 0.135 e. The van der Waals surface area contributed by atoms with E-state index in [1.165, 1.54) is 0 Å². The summed E-state index contributed by atoms with van der Waals surface area (Å²) < 4.78 is 5.52. The molecule has 1 saturated heterocycles. The van der Waals surface area contributed by atoms with Crippen LogP contribution in [0, 0.1) is 11.8 Å². The summed E-state index contributed by atoms with van der Waals surface area (Å²) in [6, 6.07) is -0.190. The van der Waals surface area contributed by atoms with E-state index in [-0.39, 0.29) is 17.9 Å². The second kappa shape index (κ2) is 4.27. The topological polar surface area (TPSA) is 26.3 Å². The minimum atomic E-state index is -0.190. The molecule has 0 aromatic heterocycles. The summed E-state index contributed by atoms with van der Waals surface area (Å²) in [7, 11) is 5.74. The second-order valence-corrected chi connectivity index (χ2v) is 3.95. The van der Waals surface area contributed by atoms with Gasteiger partial charge in [-0.25, -0.2) is 0 Å². The molecule has 0 aromatic rings. The van der Waals surface area contributed by atoms with Crippen molar-refractivity contribution >= 4 is 13.6 Å². The van der Waals surface area contributed by atoms with E-state index in [1.54, 1.807) is 0 Å². The second-order valence-electron chi connectivity index (χ2n) is 3.95. The summed E-state index contributed by atoms with van der Waals surface area (Å²) >= 11 is 0. The van der Waals surface area contributed by atoms with E-state index < -0.39 is 0 Å². The van der Waals surface area contributed by atoms with Gasteiger partial charge in [0, 0.05) is 18.8 Å². The Morgan fingerprint density at radius 1 is 1.38 bits per heavy atom. The molecule has 4 unspecified atom stereocenters. The molecule has 1 heterocycles. The summed E-state index contributed by atoms with van der Waals surface area (Å²) in [5.41, 5.74) is 0. The molecule has 0 bridgehead atoms. The van der Waals surface area contributed by atoms with E-state index in [0.29, 0.717) is 24.7 Å². The van der Waals surface area contributed by atoms with Crippen molar-refractivity contribution in [3.63, 3.8) is 0 Å². The van der Waals surface area contributed by atoms with Gasteiger partial charge < -0.3 is 4.74 Å². The minimum absolute atomic E-state index is 0.0393. The SMILES string of the molecule is [B]C1OC(CC(=O)CC)C(C)C1C. The fourth-order valence-electron chi connectivity index (χ4n) is 1.69. The average Bonchev–Trinajstić information content (AvgIpc) is 2.34. The maximum Gasteiger partial charge on any atom is 0.135 e. The highest BCUT2D eigenvalue weighted by atomic mass is 16.5. The molecule has 0 spiro atoms. The first-order valence-electron chi connectivity index (χ1n) is 4.99. The zero-order valence-corrected chi connectivity index (χ0v) is 8.62. The molecule has 0 aliphatic carbocycles. The summed E-state index contributed by atoms with van der Waals surface area (Å²) in [5, 5.41) is 0. The Hall–Kier alpha value is -0.305. The molecule has 1 fully saturated rings. The van der Waals surface area contributed by atoms with Crippen molar-refractivity contribution in [1.29, 1.82) is 0 Å². The molecule has 3 heteroatoms. The van der Waals surface area contributed by atoms with Crippen LogP contribution in [0.15, 0.2) is 0 Å². The van der Waals surface area contributed by atoms with Gasteiger partial charge in [0.2, 0.25) is 0 Å². The molecule has 1 aliphatic rings. The molecule has 1 rings (SSSR count). The standard InChI is InChI=1S/C10H17BO2/c1-4-8(12)5-9-6(2)7(3)10(11)13-9/h6-7,9-10H,4-5H2,1-3H3. The lowest BCUT2D eigenvalue weighted by Crippen LogP contribution is -2.19. The molecule has 0 N–H and O–H groups in total. The Labute approximate surface area is 81.4 Å². The van der Waals surface area contributed by atoms with Crippen LogP contribution in [0.1, 0.15) is 33.6 Å². The van der Waals surface area contributed by atoms with Crippen LogP contribution in [-0.4, -0.2) is 25.7 Å². The average molecular weight is 180 g/mol. The molecule has 0 amide bonds. The monoisotopic (exact) mass is 180 g/mol. The Morgan fingerprint density at radius 3 is 2.38 bits per heavy atom. The van der Waals surface area contributed by atoms with E-state index >= 15 is 0 Å². The van der Waals surface area contributed by atoms with Crippen molar-refractivity contribution in [1.82, 2.24) is 0 Å². The first-order chi connectivity index (χ1) is 6.06. The third kappa shape index (κ3) is 2.34. The lowest BCUT2D eigenvalue weighted by atomic mass is 9.81.